The number of nitrogens with one attached hydrogen (secondary N) is 2. The van der Waals surface area contributed by atoms with Gasteiger partial charge in [-0.3, -0.25) is 4.79 Å². The number of hydrogen-bond donors (Lipinski definition) is 2. The molecule has 0 saturated carbocycles. The van der Waals surface area contributed by atoms with Crippen molar-refractivity contribution in [1.29, 1.82) is 0 Å². The maximum atomic E-state index is 10.5. The number of benzene rings is 1. The number of amides is 1. The van der Waals surface area contributed by atoms with Crippen molar-refractivity contribution in [2.45, 2.75) is 13.0 Å². The van der Waals surface area contributed by atoms with Crippen molar-refractivity contribution in [1.82, 2.24) is 14.6 Å². The molecule has 1 unspecified atom stereocenters. The minimum absolute atomic E-state index is 0.289. The molecule has 1 fully saturated rings. The van der Waals surface area contributed by atoms with E-state index in [1.807, 2.05) is 12.3 Å². The third-order valence-electron chi connectivity index (χ3n) is 4.32. The summed E-state index contributed by atoms with van der Waals surface area (Å²) in [5.74, 6) is 2.30. The molecule has 3 heterocycles. The van der Waals surface area contributed by atoms with Crippen LogP contribution in [0.25, 0.3) is 5.65 Å². The highest BCUT2D eigenvalue weighted by Gasteiger charge is 2.25. The smallest absolute Gasteiger partial charge is 0.237 e. The number of nitrogens with zero attached hydrogens (tertiary/aromatic N) is 3. The molecule has 0 aliphatic carbocycles. The van der Waals surface area contributed by atoms with Crippen LogP contribution in [0.2, 0.25) is 0 Å². The van der Waals surface area contributed by atoms with Gasteiger partial charge in [-0.2, -0.15) is 0 Å². The van der Waals surface area contributed by atoms with Crippen LogP contribution >= 0.6 is 0 Å². The van der Waals surface area contributed by atoms with E-state index in [0.717, 1.165) is 24.7 Å². The largest absolute Gasteiger partial charge is 0.438 e. The van der Waals surface area contributed by atoms with Crippen molar-refractivity contribution in [3.8, 4) is 11.6 Å². The molecule has 1 amide bonds. The molecular formula is C18H19N5O3. The van der Waals surface area contributed by atoms with Gasteiger partial charge in [0.1, 0.15) is 11.6 Å². The normalized spacial score (nSPS) is 15.3. The first-order valence-electron chi connectivity index (χ1n) is 8.40. The Balaban J connectivity index is 1.50. The lowest BCUT2D eigenvalue weighted by molar-refractivity contribution is -0.105. The Morgan fingerprint density at radius 2 is 2.23 bits per heavy atom. The first kappa shape index (κ1) is 16.3. The SMILES string of the molecule is CC(Nc1cn2nc(Oc3cccc(NC=O)c3)ccc2n1)C1COC1. The van der Waals surface area contributed by atoms with Crippen molar-refractivity contribution in [2.75, 3.05) is 23.8 Å². The highest BCUT2D eigenvalue weighted by Crippen LogP contribution is 2.24. The molecule has 26 heavy (non-hydrogen) atoms. The highest BCUT2D eigenvalue weighted by molar-refractivity contribution is 5.71. The van der Waals surface area contributed by atoms with Crippen LogP contribution < -0.4 is 15.4 Å². The second-order valence-corrected chi connectivity index (χ2v) is 6.22. The average Bonchev–Trinajstić information content (AvgIpc) is 2.95. The standard InChI is InChI=1S/C18H19N5O3/c1-12(13-9-25-10-13)20-16-8-23-17(21-16)5-6-18(22-23)26-15-4-2-3-14(7-15)19-11-24/h2-8,11-13,20H,9-10H2,1H3,(H,19,24). The van der Waals surface area contributed by atoms with E-state index in [4.69, 9.17) is 9.47 Å². The summed E-state index contributed by atoms with van der Waals surface area (Å²) in [5, 5.41) is 10.4. The van der Waals surface area contributed by atoms with Gasteiger partial charge in [-0.25, -0.2) is 9.50 Å². The van der Waals surface area contributed by atoms with Crippen LogP contribution in [0.4, 0.5) is 11.5 Å². The van der Waals surface area contributed by atoms with E-state index in [1.165, 1.54) is 0 Å². The van der Waals surface area contributed by atoms with E-state index in [9.17, 15) is 4.79 Å². The Hall–Kier alpha value is -3.13. The van der Waals surface area contributed by atoms with E-state index in [2.05, 4.69) is 27.6 Å². The van der Waals surface area contributed by atoms with Gasteiger partial charge in [-0.15, -0.1) is 5.10 Å². The van der Waals surface area contributed by atoms with Crippen LogP contribution in [-0.2, 0) is 9.53 Å². The fourth-order valence-corrected chi connectivity index (χ4v) is 2.72. The van der Waals surface area contributed by atoms with Crippen molar-refractivity contribution in [2.24, 2.45) is 5.92 Å². The van der Waals surface area contributed by atoms with E-state index in [1.54, 1.807) is 34.8 Å². The fourth-order valence-electron chi connectivity index (χ4n) is 2.72. The molecule has 2 aromatic heterocycles. The lowest BCUT2D eigenvalue weighted by atomic mass is 10.00. The number of anilines is 2. The second-order valence-electron chi connectivity index (χ2n) is 6.22. The molecule has 0 spiro atoms. The van der Waals surface area contributed by atoms with Gasteiger partial charge in [0.25, 0.3) is 0 Å². The number of aromatic nitrogens is 3. The van der Waals surface area contributed by atoms with Gasteiger partial charge in [0, 0.05) is 29.8 Å². The molecule has 8 heteroatoms. The summed E-state index contributed by atoms with van der Waals surface area (Å²) in [6.45, 7) is 3.70. The molecule has 1 aliphatic heterocycles. The number of imidazole rings is 1. The molecule has 3 aromatic rings. The van der Waals surface area contributed by atoms with Crippen LogP contribution in [-0.4, -0.2) is 40.3 Å². The minimum Gasteiger partial charge on any atom is -0.438 e. The third kappa shape index (κ3) is 3.45. The van der Waals surface area contributed by atoms with Crippen LogP contribution in [0.5, 0.6) is 11.6 Å². The summed E-state index contributed by atoms with van der Waals surface area (Å²) in [4.78, 5) is 15.1. The zero-order valence-electron chi connectivity index (χ0n) is 14.3. The number of hydrogen-bond acceptors (Lipinski definition) is 6. The maximum absolute atomic E-state index is 10.5. The number of carbonyl (C=O) groups is 1. The van der Waals surface area contributed by atoms with Crippen molar-refractivity contribution < 1.29 is 14.3 Å². The summed E-state index contributed by atoms with van der Waals surface area (Å²) >= 11 is 0. The third-order valence-corrected chi connectivity index (χ3v) is 4.32. The number of fused-ring (bicyclic) bond motifs is 1. The Kier molecular flexibility index (Phi) is 4.40. The Labute approximate surface area is 150 Å². The van der Waals surface area contributed by atoms with Crippen LogP contribution in [0.3, 0.4) is 0 Å². The Morgan fingerprint density at radius 3 is 3.00 bits per heavy atom. The molecule has 1 aromatic carbocycles. The summed E-state index contributed by atoms with van der Waals surface area (Å²) in [5.41, 5.74) is 1.38. The number of ether oxygens (including phenoxy) is 2. The van der Waals surface area contributed by atoms with Gasteiger partial charge in [0.05, 0.1) is 19.4 Å². The molecule has 0 bridgehead atoms. The molecule has 0 radical (unpaired) electrons. The molecular weight excluding hydrogens is 334 g/mol. The van der Waals surface area contributed by atoms with E-state index in [0.29, 0.717) is 29.6 Å². The van der Waals surface area contributed by atoms with Crippen molar-refractivity contribution in [3.05, 3.63) is 42.6 Å². The van der Waals surface area contributed by atoms with Crippen LogP contribution in [0.15, 0.2) is 42.6 Å². The predicted molar refractivity (Wildman–Crippen MR) is 96.6 cm³/mol. The average molecular weight is 353 g/mol. The monoisotopic (exact) mass is 353 g/mol. The highest BCUT2D eigenvalue weighted by atomic mass is 16.5. The summed E-state index contributed by atoms with van der Waals surface area (Å²) in [7, 11) is 0. The zero-order valence-corrected chi connectivity index (χ0v) is 14.3. The first-order valence-corrected chi connectivity index (χ1v) is 8.40. The Bertz CT molecular complexity index is 922. The number of rotatable bonds is 7. The van der Waals surface area contributed by atoms with Crippen molar-refractivity contribution in [3.63, 3.8) is 0 Å². The van der Waals surface area contributed by atoms with Gasteiger partial charge in [-0.1, -0.05) is 6.07 Å². The molecule has 134 valence electrons. The van der Waals surface area contributed by atoms with Crippen LogP contribution in [0, 0.1) is 5.92 Å². The van der Waals surface area contributed by atoms with Gasteiger partial charge >= 0.3 is 0 Å². The minimum atomic E-state index is 0.289. The van der Waals surface area contributed by atoms with Gasteiger partial charge in [-0.05, 0) is 25.1 Å². The number of carbonyl (C=O) groups excluding carboxylic acids is 1. The summed E-state index contributed by atoms with van der Waals surface area (Å²) in [6.07, 6.45) is 2.46. The molecule has 2 N–H and O–H groups in total. The van der Waals surface area contributed by atoms with Gasteiger partial charge < -0.3 is 20.1 Å². The maximum Gasteiger partial charge on any atom is 0.237 e. The first-order chi connectivity index (χ1) is 12.7. The molecule has 1 aliphatic rings. The van der Waals surface area contributed by atoms with Gasteiger partial charge in [0.2, 0.25) is 12.3 Å². The van der Waals surface area contributed by atoms with E-state index >= 15 is 0 Å². The molecule has 1 saturated heterocycles. The van der Waals surface area contributed by atoms with Gasteiger partial charge in [0.15, 0.2) is 5.65 Å². The predicted octanol–water partition coefficient (Wildman–Crippen LogP) is 2.54. The lowest BCUT2D eigenvalue weighted by Gasteiger charge is -2.31. The molecule has 8 nitrogen and oxygen atoms in total. The summed E-state index contributed by atoms with van der Waals surface area (Å²) < 4.78 is 12.7. The molecule has 4 rings (SSSR count). The van der Waals surface area contributed by atoms with Crippen LogP contribution in [0.1, 0.15) is 6.92 Å². The summed E-state index contributed by atoms with van der Waals surface area (Å²) in [6, 6.07) is 11.0. The quantitative estimate of drug-likeness (QED) is 0.635. The topological polar surface area (TPSA) is 89.8 Å². The van der Waals surface area contributed by atoms with E-state index in [-0.39, 0.29) is 6.04 Å². The molecule has 1 atom stereocenters. The second kappa shape index (κ2) is 7.01. The lowest BCUT2D eigenvalue weighted by Crippen LogP contribution is -2.40. The Morgan fingerprint density at radius 1 is 1.35 bits per heavy atom. The van der Waals surface area contributed by atoms with E-state index < -0.39 is 0 Å². The van der Waals surface area contributed by atoms with Crippen molar-refractivity contribution >= 4 is 23.6 Å². The fraction of sp³-hybridized carbons (Fsp3) is 0.278. The zero-order chi connectivity index (χ0) is 17.9.